The van der Waals surface area contributed by atoms with Gasteiger partial charge in [-0.25, -0.2) is 8.42 Å². The van der Waals surface area contributed by atoms with Gasteiger partial charge >= 0.3 is 0 Å². The molecule has 0 amide bonds. The number of sulfone groups is 1. The van der Waals surface area contributed by atoms with Gasteiger partial charge in [-0.15, -0.1) is 0 Å². The molecule has 1 aliphatic carbocycles. The largest absolute Gasteiger partial charge is 0.372 e. The molecule has 2 heterocycles. The molecular weight excluding hydrogens is 224 g/mol. The fourth-order valence-electron chi connectivity index (χ4n) is 2.91. The fraction of sp³-hybridized carbons (Fsp3) is 1.00. The number of ether oxygens (including phenoxy) is 1. The van der Waals surface area contributed by atoms with E-state index >= 15 is 0 Å². The van der Waals surface area contributed by atoms with Crippen LogP contribution in [0.2, 0.25) is 0 Å². The van der Waals surface area contributed by atoms with E-state index in [0.717, 1.165) is 19.3 Å². The van der Waals surface area contributed by atoms with Crippen molar-refractivity contribution in [2.75, 3.05) is 5.75 Å². The van der Waals surface area contributed by atoms with Gasteiger partial charge in [0.05, 0.1) is 22.7 Å². The van der Waals surface area contributed by atoms with Crippen LogP contribution in [0.3, 0.4) is 0 Å². The Morgan fingerprint density at radius 2 is 1.88 bits per heavy atom. The molecule has 94 valence electrons. The highest BCUT2D eigenvalue weighted by Crippen LogP contribution is 2.38. The van der Waals surface area contributed by atoms with E-state index in [0.29, 0.717) is 12.2 Å². The van der Waals surface area contributed by atoms with E-state index in [2.05, 4.69) is 0 Å². The fourth-order valence-corrected chi connectivity index (χ4v) is 5.17. The quantitative estimate of drug-likeness (QED) is 0.712. The molecule has 3 fully saturated rings. The Morgan fingerprint density at radius 1 is 1.19 bits per heavy atom. The normalized spacial score (nSPS) is 38.3. The summed E-state index contributed by atoms with van der Waals surface area (Å²) in [6, 6.07) is 0. The highest BCUT2D eigenvalue weighted by atomic mass is 32.2. The zero-order valence-corrected chi connectivity index (χ0v) is 11.2. The predicted octanol–water partition coefficient (Wildman–Crippen LogP) is 2.16. The molecule has 3 rings (SSSR count). The molecule has 1 saturated carbocycles. The van der Waals surface area contributed by atoms with Crippen molar-refractivity contribution >= 4 is 9.84 Å². The van der Waals surface area contributed by atoms with E-state index in [1.807, 2.05) is 20.8 Å². The van der Waals surface area contributed by atoms with Crippen molar-refractivity contribution in [2.24, 2.45) is 5.92 Å². The second kappa shape index (κ2) is 3.98. The summed E-state index contributed by atoms with van der Waals surface area (Å²) >= 11 is 0. The maximum absolute atomic E-state index is 11.9. The zero-order valence-electron chi connectivity index (χ0n) is 10.4. The second-order valence-corrected chi connectivity index (χ2v) is 8.47. The van der Waals surface area contributed by atoms with Crippen molar-refractivity contribution in [3.8, 4) is 0 Å². The van der Waals surface area contributed by atoms with Crippen LogP contribution in [0.1, 0.15) is 46.5 Å². The molecule has 3 aliphatic rings. The summed E-state index contributed by atoms with van der Waals surface area (Å²) in [5.41, 5.74) is -0.168. The molecule has 2 bridgehead atoms. The van der Waals surface area contributed by atoms with Crippen LogP contribution in [-0.2, 0) is 14.6 Å². The highest BCUT2D eigenvalue weighted by Gasteiger charge is 2.44. The Kier molecular flexibility index (Phi) is 3.08. The summed E-state index contributed by atoms with van der Waals surface area (Å²) in [5, 5.41) is -0.140. The van der Waals surface area contributed by atoms with Gasteiger partial charge in [0.1, 0.15) is 0 Å². The van der Waals surface area contributed by atoms with Crippen molar-refractivity contribution < 1.29 is 13.2 Å². The predicted molar refractivity (Wildman–Crippen MR) is 64.2 cm³/mol. The summed E-state index contributed by atoms with van der Waals surface area (Å²) in [7, 11) is -2.83. The maximum atomic E-state index is 11.9. The molecule has 0 spiro atoms. The number of rotatable bonds is 1. The highest BCUT2D eigenvalue weighted by molar-refractivity contribution is 7.92. The Morgan fingerprint density at radius 3 is 2.50 bits per heavy atom. The minimum absolute atomic E-state index is 0.140. The monoisotopic (exact) mass is 246 g/mol. The van der Waals surface area contributed by atoms with Crippen LogP contribution in [0, 0.1) is 5.92 Å². The molecule has 2 saturated heterocycles. The third kappa shape index (κ3) is 2.59. The van der Waals surface area contributed by atoms with Gasteiger partial charge < -0.3 is 4.74 Å². The van der Waals surface area contributed by atoms with Crippen molar-refractivity contribution in [3.63, 3.8) is 0 Å². The van der Waals surface area contributed by atoms with Crippen LogP contribution in [0.5, 0.6) is 0 Å². The van der Waals surface area contributed by atoms with E-state index in [1.165, 1.54) is 0 Å². The van der Waals surface area contributed by atoms with Crippen molar-refractivity contribution in [3.05, 3.63) is 0 Å². The first-order valence-electron chi connectivity index (χ1n) is 6.17. The van der Waals surface area contributed by atoms with Gasteiger partial charge in [-0.05, 0) is 46.0 Å². The topological polar surface area (TPSA) is 43.4 Å². The van der Waals surface area contributed by atoms with Gasteiger partial charge in [-0.1, -0.05) is 6.42 Å². The lowest BCUT2D eigenvalue weighted by Crippen LogP contribution is -2.44. The average Bonchev–Trinajstić information content (AvgIpc) is 2.32. The van der Waals surface area contributed by atoms with E-state index in [-0.39, 0.29) is 22.9 Å². The first-order valence-corrected chi connectivity index (χ1v) is 7.89. The van der Waals surface area contributed by atoms with Crippen molar-refractivity contribution in [2.45, 2.75) is 63.4 Å². The lowest BCUT2D eigenvalue weighted by atomic mass is 9.98. The number of hydrogen-bond donors (Lipinski definition) is 0. The molecule has 0 aromatic heterocycles. The molecule has 0 radical (unpaired) electrons. The van der Waals surface area contributed by atoms with Crippen LogP contribution in [0.15, 0.2) is 0 Å². The molecule has 3 atom stereocenters. The molecule has 0 N–H and O–H groups in total. The van der Waals surface area contributed by atoms with Gasteiger partial charge in [-0.2, -0.15) is 0 Å². The third-order valence-electron chi connectivity index (χ3n) is 3.58. The summed E-state index contributed by atoms with van der Waals surface area (Å²) in [6.45, 7) is 6.13. The van der Waals surface area contributed by atoms with E-state index in [1.54, 1.807) is 0 Å². The Bertz CT molecular complexity index is 353. The average molecular weight is 246 g/mol. The van der Waals surface area contributed by atoms with Crippen molar-refractivity contribution in [1.29, 1.82) is 0 Å². The molecule has 0 aromatic rings. The first kappa shape index (κ1) is 12.4. The molecule has 3 nitrogen and oxygen atoms in total. The van der Waals surface area contributed by atoms with Crippen LogP contribution in [-0.4, -0.2) is 31.1 Å². The van der Waals surface area contributed by atoms with E-state index in [4.69, 9.17) is 4.74 Å². The smallest absolute Gasteiger partial charge is 0.153 e. The van der Waals surface area contributed by atoms with Gasteiger partial charge in [0.25, 0.3) is 0 Å². The lowest BCUT2D eigenvalue weighted by molar-refractivity contribution is -0.0853. The number of hydrogen-bond acceptors (Lipinski definition) is 3. The molecular formula is C12H22O3S. The summed E-state index contributed by atoms with van der Waals surface area (Å²) in [4.78, 5) is 0. The molecule has 2 aliphatic heterocycles. The minimum atomic E-state index is -2.83. The van der Waals surface area contributed by atoms with E-state index < -0.39 is 9.84 Å². The molecule has 16 heavy (non-hydrogen) atoms. The lowest BCUT2D eigenvalue weighted by Gasteiger charge is -2.36. The maximum Gasteiger partial charge on any atom is 0.153 e. The van der Waals surface area contributed by atoms with Gasteiger partial charge in [0.2, 0.25) is 0 Å². The van der Waals surface area contributed by atoms with Crippen LogP contribution in [0.4, 0.5) is 0 Å². The zero-order chi connectivity index (χ0) is 12.0. The Labute approximate surface area is 98.5 Å². The second-order valence-electron chi connectivity index (χ2n) is 6.15. The summed E-state index contributed by atoms with van der Waals surface area (Å²) in [5.74, 6) is 0.571. The molecule has 0 aromatic carbocycles. The number of fused-ring (bicyclic) bond motifs is 4. The van der Waals surface area contributed by atoms with Crippen LogP contribution in [0.25, 0.3) is 0 Å². The van der Waals surface area contributed by atoms with Crippen molar-refractivity contribution in [1.82, 2.24) is 0 Å². The molecule has 3 unspecified atom stereocenters. The van der Waals surface area contributed by atoms with Crippen LogP contribution < -0.4 is 0 Å². The van der Waals surface area contributed by atoms with Crippen LogP contribution >= 0.6 is 0 Å². The first-order chi connectivity index (χ1) is 7.28. The van der Waals surface area contributed by atoms with Gasteiger partial charge in [0, 0.05) is 0 Å². The van der Waals surface area contributed by atoms with E-state index in [9.17, 15) is 8.42 Å². The molecule has 4 heteroatoms. The summed E-state index contributed by atoms with van der Waals surface area (Å²) in [6.07, 6.45) is 3.75. The van der Waals surface area contributed by atoms with Gasteiger partial charge in [-0.3, -0.25) is 0 Å². The summed E-state index contributed by atoms with van der Waals surface area (Å²) < 4.78 is 29.9. The SMILES string of the molecule is CC(C)(C)OC1CC2CCCC1CS2(=O)=O. The Hall–Kier alpha value is -0.0900. The standard InChI is InChI=1S/C12H22O3S/c1-12(2,3)15-11-7-10-6-4-5-9(11)8-16(10,13)14/h9-11H,4-8H2,1-3H3. The minimum Gasteiger partial charge on any atom is -0.372 e. The Balaban J connectivity index is 2.16. The van der Waals surface area contributed by atoms with Gasteiger partial charge in [0.15, 0.2) is 9.84 Å². The third-order valence-corrected chi connectivity index (χ3v) is 5.92.